The Balaban J connectivity index is 1.55. The molecule has 0 radical (unpaired) electrons. The van der Waals surface area contributed by atoms with Gasteiger partial charge in [-0.25, -0.2) is 0 Å². The molecule has 0 aliphatic carbocycles. The van der Waals surface area contributed by atoms with Crippen LogP contribution in [-0.2, 0) is 5.75 Å². The Morgan fingerprint density at radius 1 is 1.07 bits per heavy atom. The van der Waals surface area contributed by atoms with E-state index in [-0.39, 0.29) is 0 Å². The van der Waals surface area contributed by atoms with E-state index in [9.17, 15) is 0 Å². The molecule has 0 saturated heterocycles. The molecular formula is C19H16ClN5OS. The van der Waals surface area contributed by atoms with Gasteiger partial charge in [0.1, 0.15) is 5.82 Å². The van der Waals surface area contributed by atoms with E-state index in [1.165, 1.54) is 11.8 Å². The average molecular weight is 398 g/mol. The molecule has 8 heteroatoms. The summed E-state index contributed by atoms with van der Waals surface area (Å²) >= 11 is 7.53. The van der Waals surface area contributed by atoms with Crippen LogP contribution in [0.1, 0.15) is 17.3 Å². The van der Waals surface area contributed by atoms with Gasteiger partial charge in [-0.05, 0) is 37.6 Å². The normalized spacial score (nSPS) is 11.1. The number of para-hydroxylation sites is 1. The highest BCUT2D eigenvalue weighted by atomic mass is 35.5. The first-order valence-corrected chi connectivity index (χ1v) is 9.67. The summed E-state index contributed by atoms with van der Waals surface area (Å²) in [6.45, 7) is 4.01. The average Bonchev–Trinajstić information content (AvgIpc) is 3.27. The zero-order valence-electron chi connectivity index (χ0n) is 14.8. The molecule has 0 saturated carbocycles. The standard InChI is InChI=1S/C19H16ClN5OS/c1-12-6-3-4-9-16(12)25-13(2)22-23-19(25)27-11-17-21-18(24-26-17)14-7-5-8-15(20)10-14/h3-10H,11H2,1-2H3. The van der Waals surface area contributed by atoms with Gasteiger partial charge in [0.2, 0.25) is 11.7 Å². The van der Waals surface area contributed by atoms with Crippen LogP contribution >= 0.6 is 23.4 Å². The van der Waals surface area contributed by atoms with Crippen LogP contribution in [0.2, 0.25) is 5.02 Å². The van der Waals surface area contributed by atoms with Gasteiger partial charge in [0.05, 0.1) is 11.4 Å². The Bertz CT molecular complexity index is 1090. The van der Waals surface area contributed by atoms with Crippen LogP contribution in [-0.4, -0.2) is 24.9 Å². The number of aromatic nitrogens is 5. The highest BCUT2D eigenvalue weighted by molar-refractivity contribution is 7.98. The number of benzene rings is 2. The summed E-state index contributed by atoms with van der Waals surface area (Å²) < 4.78 is 7.41. The van der Waals surface area contributed by atoms with Gasteiger partial charge in [0.15, 0.2) is 5.16 Å². The van der Waals surface area contributed by atoms with Crippen LogP contribution in [0.3, 0.4) is 0 Å². The number of thioether (sulfide) groups is 1. The van der Waals surface area contributed by atoms with Gasteiger partial charge >= 0.3 is 0 Å². The largest absolute Gasteiger partial charge is 0.338 e. The molecule has 4 aromatic rings. The van der Waals surface area contributed by atoms with Crippen LogP contribution in [0.4, 0.5) is 0 Å². The second-order valence-electron chi connectivity index (χ2n) is 5.96. The SMILES string of the molecule is Cc1ccccc1-n1c(C)nnc1SCc1nc(-c2cccc(Cl)c2)no1. The molecule has 0 bridgehead atoms. The summed E-state index contributed by atoms with van der Waals surface area (Å²) in [6.07, 6.45) is 0. The maximum Gasteiger partial charge on any atom is 0.237 e. The molecule has 0 N–H and O–H groups in total. The lowest BCUT2D eigenvalue weighted by molar-refractivity contribution is 0.391. The summed E-state index contributed by atoms with van der Waals surface area (Å²) in [6, 6.07) is 15.5. The molecule has 6 nitrogen and oxygen atoms in total. The molecular weight excluding hydrogens is 382 g/mol. The van der Waals surface area contributed by atoms with Crippen molar-refractivity contribution in [2.75, 3.05) is 0 Å². The molecule has 0 fully saturated rings. The van der Waals surface area contributed by atoms with Crippen LogP contribution in [0.25, 0.3) is 17.1 Å². The third kappa shape index (κ3) is 3.74. The Kier molecular flexibility index (Phi) is 4.96. The Labute approximate surface area is 165 Å². The van der Waals surface area contributed by atoms with Crippen molar-refractivity contribution in [3.63, 3.8) is 0 Å². The first kappa shape index (κ1) is 17.8. The Morgan fingerprint density at radius 3 is 2.74 bits per heavy atom. The molecule has 136 valence electrons. The zero-order valence-corrected chi connectivity index (χ0v) is 16.3. The molecule has 4 rings (SSSR count). The van der Waals surface area contributed by atoms with Crippen molar-refractivity contribution >= 4 is 23.4 Å². The van der Waals surface area contributed by atoms with E-state index >= 15 is 0 Å². The third-order valence-corrected chi connectivity index (χ3v) is 5.18. The van der Waals surface area contributed by atoms with Gasteiger partial charge in [-0.2, -0.15) is 4.98 Å². The fourth-order valence-corrected chi connectivity index (χ4v) is 3.73. The second kappa shape index (κ2) is 7.54. The predicted molar refractivity (Wildman–Crippen MR) is 105 cm³/mol. The Hall–Kier alpha value is -2.64. The fourth-order valence-electron chi connectivity index (χ4n) is 2.71. The second-order valence-corrected chi connectivity index (χ2v) is 7.34. The molecule has 0 amide bonds. The number of hydrogen-bond acceptors (Lipinski definition) is 6. The van der Waals surface area contributed by atoms with Gasteiger partial charge in [-0.3, -0.25) is 4.57 Å². The summed E-state index contributed by atoms with van der Waals surface area (Å²) in [5, 5.41) is 14.0. The molecule has 27 heavy (non-hydrogen) atoms. The highest BCUT2D eigenvalue weighted by Gasteiger charge is 2.15. The first-order valence-electron chi connectivity index (χ1n) is 8.31. The van der Waals surface area contributed by atoms with Crippen LogP contribution in [0.5, 0.6) is 0 Å². The third-order valence-electron chi connectivity index (χ3n) is 4.03. The number of aryl methyl sites for hydroxylation is 2. The van der Waals surface area contributed by atoms with E-state index in [0.29, 0.717) is 22.5 Å². The lowest BCUT2D eigenvalue weighted by Crippen LogP contribution is -2.01. The smallest absolute Gasteiger partial charge is 0.237 e. The van der Waals surface area contributed by atoms with Crippen LogP contribution in [0.15, 0.2) is 58.2 Å². The van der Waals surface area contributed by atoms with Crippen LogP contribution < -0.4 is 0 Å². The molecule has 2 aromatic heterocycles. The molecule has 0 unspecified atom stereocenters. The van der Waals surface area contributed by atoms with Crippen molar-refractivity contribution in [2.45, 2.75) is 24.8 Å². The van der Waals surface area contributed by atoms with Gasteiger partial charge in [-0.15, -0.1) is 10.2 Å². The summed E-state index contributed by atoms with van der Waals surface area (Å²) in [5.74, 6) is 2.37. The van der Waals surface area contributed by atoms with E-state index < -0.39 is 0 Å². The number of nitrogens with zero attached hydrogens (tertiary/aromatic N) is 5. The highest BCUT2D eigenvalue weighted by Crippen LogP contribution is 2.27. The van der Waals surface area contributed by atoms with Gasteiger partial charge in [-0.1, -0.05) is 58.9 Å². The van der Waals surface area contributed by atoms with E-state index in [1.807, 2.05) is 47.9 Å². The topological polar surface area (TPSA) is 69.6 Å². The lowest BCUT2D eigenvalue weighted by Gasteiger charge is -2.10. The van der Waals surface area contributed by atoms with Gasteiger partial charge in [0, 0.05) is 10.6 Å². The van der Waals surface area contributed by atoms with E-state index in [2.05, 4.69) is 39.4 Å². The monoisotopic (exact) mass is 397 g/mol. The Morgan fingerprint density at radius 2 is 1.93 bits per heavy atom. The summed E-state index contributed by atoms with van der Waals surface area (Å²) in [4.78, 5) is 4.45. The van der Waals surface area contributed by atoms with Crippen molar-refractivity contribution in [3.05, 3.63) is 70.8 Å². The van der Waals surface area contributed by atoms with Crippen molar-refractivity contribution < 1.29 is 4.52 Å². The minimum absolute atomic E-state index is 0.498. The summed E-state index contributed by atoms with van der Waals surface area (Å²) in [7, 11) is 0. The van der Waals surface area contributed by atoms with E-state index in [4.69, 9.17) is 16.1 Å². The molecule has 2 heterocycles. The molecule has 0 atom stereocenters. The zero-order chi connectivity index (χ0) is 18.8. The summed E-state index contributed by atoms with van der Waals surface area (Å²) in [5.41, 5.74) is 3.04. The lowest BCUT2D eigenvalue weighted by atomic mass is 10.2. The van der Waals surface area contributed by atoms with Crippen LogP contribution in [0, 0.1) is 13.8 Å². The predicted octanol–water partition coefficient (Wildman–Crippen LogP) is 4.88. The maximum atomic E-state index is 6.03. The van der Waals surface area contributed by atoms with E-state index in [0.717, 1.165) is 27.8 Å². The van der Waals surface area contributed by atoms with Gasteiger partial charge in [0.25, 0.3) is 0 Å². The van der Waals surface area contributed by atoms with Crippen molar-refractivity contribution in [1.29, 1.82) is 0 Å². The number of halogens is 1. The number of hydrogen-bond donors (Lipinski definition) is 0. The number of rotatable bonds is 5. The quantitative estimate of drug-likeness (QED) is 0.447. The molecule has 0 aliphatic heterocycles. The molecule has 0 spiro atoms. The van der Waals surface area contributed by atoms with Gasteiger partial charge < -0.3 is 4.52 Å². The fraction of sp³-hybridized carbons (Fsp3) is 0.158. The maximum absolute atomic E-state index is 6.03. The first-order chi connectivity index (χ1) is 13.1. The molecule has 0 aliphatic rings. The van der Waals surface area contributed by atoms with Crippen molar-refractivity contribution in [3.8, 4) is 17.1 Å². The van der Waals surface area contributed by atoms with Crippen molar-refractivity contribution in [1.82, 2.24) is 24.9 Å². The van der Waals surface area contributed by atoms with E-state index in [1.54, 1.807) is 0 Å². The van der Waals surface area contributed by atoms with Crippen molar-refractivity contribution in [2.24, 2.45) is 0 Å². The molecule has 2 aromatic carbocycles. The minimum atomic E-state index is 0.498. The minimum Gasteiger partial charge on any atom is -0.338 e.